The normalized spacial score (nSPS) is 11.2. The van der Waals surface area contributed by atoms with Crippen molar-refractivity contribution in [1.82, 2.24) is 14.8 Å². The van der Waals surface area contributed by atoms with Crippen molar-refractivity contribution < 1.29 is 4.79 Å². The zero-order valence-electron chi connectivity index (χ0n) is 15.0. The fourth-order valence-electron chi connectivity index (χ4n) is 3.06. The lowest BCUT2D eigenvalue weighted by Crippen LogP contribution is -2.27. The molecule has 7 heteroatoms. The summed E-state index contributed by atoms with van der Waals surface area (Å²) in [6.45, 7) is 4.42. The highest BCUT2D eigenvalue weighted by Crippen LogP contribution is 2.28. The van der Waals surface area contributed by atoms with Crippen LogP contribution in [-0.2, 0) is 6.54 Å². The monoisotopic (exact) mass is 378 g/mol. The van der Waals surface area contributed by atoms with Crippen molar-refractivity contribution >= 4 is 43.4 Å². The lowest BCUT2D eigenvalue weighted by Gasteiger charge is -2.09. The number of fused-ring (bicyclic) bond motifs is 2. The van der Waals surface area contributed by atoms with Crippen molar-refractivity contribution in [3.8, 4) is 0 Å². The Kier molecular flexibility index (Phi) is 4.45. The smallest absolute Gasteiger partial charge is 0.278 e. The molecule has 2 aromatic carbocycles. The van der Waals surface area contributed by atoms with Crippen LogP contribution in [0.2, 0.25) is 0 Å². The zero-order chi connectivity index (χ0) is 19.0. The molecule has 2 aromatic heterocycles. The van der Waals surface area contributed by atoms with Gasteiger partial charge in [0.2, 0.25) is 0 Å². The molecule has 4 aromatic rings. The minimum Gasteiger partial charge on any atom is -0.296 e. The molecule has 0 saturated carbocycles. The summed E-state index contributed by atoms with van der Waals surface area (Å²) in [5.74, 6) is -0.368. The van der Waals surface area contributed by atoms with Crippen LogP contribution in [0, 0.1) is 6.92 Å². The Bertz CT molecular complexity index is 1230. The fraction of sp³-hybridized carbons (Fsp3) is 0.200. The third kappa shape index (κ3) is 3.10. The lowest BCUT2D eigenvalue weighted by molar-refractivity contribution is 0.102. The first-order chi connectivity index (χ1) is 13.1. The third-order valence-corrected chi connectivity index (χ3v) is 5.30. The van der Waals surface area contributed by atoms with Crippen LogP contribution in [0.1, 0.15) is 29.4 Å². The van der Waals surface area contributed by atoms with Crippen molar-refractivity contribution in [2.45, 2.75) is 26.8 Å². The number of para-hydroxylation sites is 1. The maximum Gasteiger partial charge on any atom is 0.278 e. The van der Waals surface area contributed by atoms with Crippen molar-refractivity contribution in [2.24, 2.45) is 0 Å². The van der Waals surface area contributed by atoms with Crippen LogP contribution < -0.4 is 10.9 Å². The number of aryl methyl sites for hydroxylation is 2. The van der Waals surface area contributed by atoms with Gasteiger partial charge in [-0.05, 0) is 31.0 Å². The number of nitrogens with zero attached hydrogens (tertiary/aromatic N) is 3. The molecule has 27 heavy (non-hydrogen) atoms. The highest BCUT2D eigenvalue weighted by atomic mass is 32.1. The van der Waals surface area contributed by atoms with Crippen LogP contribution in [0.25, 0.3) is 21.0 Å². The number of carbonyl (C=O) groups excluding carboxylic acids is 1. The van der Waals surface area contributed by atoms with Gasteiger partial charge in [-0.3, -0.25) is 14.9 Å². The van der Waals surface area contributed by atoms with E-state index in [1.54, 1.807) is 24.3 Å². The molecule has 0 aliphatic carbocycles. The topological polar surface area (TPSA) is 76.9 Å². The number of nitrogens with one attached hydrogen (secondary N) is 1. The first kappa shape index (κ1) is 17.4. The van der Waals surface area contributed by atoms with E-state index in [1.807, 2.05) is 32.0 Å². The lowest BCUT2D eigenvalue weighted by atomic mass is 10.1. The van der Waals surface area contributed by atoms with Crippen LogP contribution in [-0.4, -0.2) is 20.7 Å². The minimum atomic E-state index is -0.368. The highest BCUT2D eigenvalue weighted by molar-refractivity contribution is 7.22. The Labute approximate surface area is 159 Å². The molecule has 0 fully saturated rings. The summed E-state index contributed by atoms with van der Waals surface area (Å²) >= 11 is 1.42. The van der Waals surface area contributed by atoms with E-state index in [9.17, 15) is 9.59 Å². The summed E-state index contributed by atoms with van der Waals surface area (Å²) in [7, 11) is 0. The van der Waals surface area contributed by atoms with Gasteiger partial charge in [0.1, 0.15) is 0 Å². The molecule has 4 rings (SSSR count). The number of hydrogen-bond donors (Lipinski definition) is 1. The predicted molar refractivity (Wildman–Crippen MR) is 109 cm³/mol. The summed E-state index contributed by atoms with van der Waals surface area (Å²) in [6, 6.07) is 13.0. The predicted octanol–water partition coefficient (Wildman–Crippen LogP) is 3.98. The highest BCUT2D eigenvalue weighted by Gasteiger charge is 2.18. The fourth-order valence-corrected chi connectivity index (χ4v) is 4.00. The average Bonchev–Trinajstić information content (AvgIpc) is 3.08. The number of aromatic nitrogens is 3. The first-order valence-corrected chi connectivity index (χ1v) is 9.57. The van der Waals surface area contributed by atoms with Crippen molar-refractivity contribution in [3.05, 3.63) is 64.1 Å². The van der Waals surface area contributed by atoms with Crippen LogP contribution in [0.3, 0.4) is 0 Å². The summed E-state index contributed by atoms with van der Waals surface area (Å²) in [4.78, 5) is 30.0. The van der Waals surface area contributed by atoms with Gasteiger partial charge in [0.05, 0.1) is 15.6 Å². The molecule has 2 heterocycles. The number of rotatable bonds is 4. The van der Waals surface area contributed by atoms with E-state index in [0.717, 1.165) is 22.2 Å². The number of carbonyl (C=O) groups is 1. The third-order valence-electron chi connectivity index (χ3n) is 4.36. The van der Waals surface area contributed by atoms with Crippen LogP contribution >= 0.6 is 11.3 Å². The van der Waals surface area contributed by atoms with Gasteiger partial charge >= 0.3 is 0 Å². The molecule has 1 N–H and O–H groups in total. The second-order valence-corrected chi connectivity index (χ2v) is 7.35. The SMILES string of the molecule is CCCn1nc(C(=O)Nc2nc3c(C)cccc3s2)c2ccccc2c1=O. The van der Waals surface area contributed by atoms with Crippen LogP contribution in [0.15, 0.2) is 47.3 Å². The standard InChI is InChI=1S/C20H18N4O2S/c1-3-11-24-19(26)14-9-5-4-8-13(14)17(23-24)18(25)22-20-21-16-12(2)7-6-10-15(16)27-20/h4-10H,3,11H2,1-2H3,(H,21,22,25). The van der Waals surface area contributed by atoms with Gasteiger partial charge in [-0.15, -0.1) is 0 Å². The summed E-state index contributed by atoms with van der Waals surface area (Å²) < 4.78 is 2.37. The molecule has 0 aliphatic heterocycles. The molecule has 0 bridgehead atoms. The number of benzene rings is 2. The van der Waals surface area contributed by atoms with E-state index >= 15 is 0 Å². The maximum atomic E-state index is 12.9. The molecule has 0 radical (unpaired) electrons. The Morgan fingerprint density at radius 1 is 1.15 bits per heavy atom. The van der Waals surface area contributed by atoms with Gasteiger partial charge in [0.15, 0.2) is 10.8 Å². The zero-order valence-corrected chi connectivity index (χ0v) is 15.8. The van der Waals surface area contributed by atoms with E-state index in [2.05, 4.69) is 15.4 Å². The van der Waals surface area contributed by atoms with E-state index < -0.39 is 0 Å². The largest absolute Gasteiger partial charge is 0.296 e. The van der Waals surface area contributed by atoms with Crippen molar-refractivity contribution in [1.29, 1.82) is 0 Å². The Morgan fingerprint density at radius 3 is 2.67 bits per heavy atom. The van der Waals surface area contributed by atoms with Gasteiger partial charge in [0.25, 0.3) is 11.5 Å². The first-order valence-electron chi connectivity index (χ1n) is 8.76. The molecule has 1 amide bonds. The van der Waals surface area contributed by atoms with Gasteiger partial charge in [-0.2, -0.15) is 5.10 Å². The number of thiazole rings is 1. The van der Waals surface area contributed by atoms with Gasteiger partial charge < -0.3 is 0 Å². The molecule has 0 atom stereocenters. The van der Waals surface area contributed by atoms with Gasteiger partial charge in [-0.25, -0.2) is 9.67 Å². The van der Waals surface area contributed by atoms with E-state index in [-0.39, 0.29) is 17.2 Å². The molecule has 0 spiro atoms. The summed E-state index contributed by atoms with van der Waals surface area (Å²) in [5, 5.41) is 8.73. The summed E-state index contributed by atoms with van der Waals surface area (Å²) in [6.07, 6.45) is 0.753. The molecular weight excluding hydrogens is 360 g/mol. The molecule has 0 saturated heterocycles. The number of amides is 1. The Balaban J connectivity index is 1.78. The van der Waals surface area contributed by atoms with Crippen LogP contribution in [0.5, 0.6) is 0 Å². The number of anilines is 1. The summed E-state index contributed by atoms with van der Waals surface area (Å²) in [5.41, 5.74) is 1.99. The molecule has 6 nitrogen and oxygen atoms in total. The van der Waals surface area contributed by atoms with Crippen molar-refractivity contribution in [2.75, 3.05) is 5.32 Å². The van der Waals surface area contributed by atoms with E-state index in [1.165, 1.54) is 16.0 Å². The second kappa shape index (κ2) is 6.92. The Hall–Kier alpha value is -3.06. The molecule has 0 unspecified atom stereocenters. The molecular formula is C20H18N4O2S. The van der Waals surface area contributed by atoms with Crippen molar-refractivity contribution in [3.63, 3.8) is 0 Å². The van der Waals surface area contributed by atoms with E-state index in [0.29, 0.717) is 22.4 Å². The number of hydrogen-bond acceptors (Lipinski definition) is 5. The second-order valence-electron chi connectivity index (χ2n) is 6.32. The van der Waals surface area contributed by atoms with Gasteiger partial charge in [0, 0.05) is 11.9 Å². The Morgan fingerprint density at radius 2 is 1.93 bits per heavy atom. The van der Waals surface area contributed by atoms with Gasteiger partial charge in [-0.1, -0.05) is 48.6 Å². The van der Waals surface area contributed by atoms with Crippen LogP contribution in [0.4, 0.5) is 5.13 Å². The average molecular weight is 378 g/mol. The minimum absolute atomic E-state index is 0.181. The quantitative estimate of drug-likeness (QED) is 0.583. The molecule has 0 aliphatic rings. The molecule has 136 valence electrons. The van der Waals surface area contributed by atoms with E-state index in [4.69, 9.17) is 0 Å². The maximum absolute atomic E-state index is 12.9.